The lowest BCUT2D eigenvalue weighted by Gasteiger charge is -2.13. The van der Waals surface area contributed by atoms with Crippen molar-refractivity contribution >= 4 is 17.7 Å². The van der Waals surface area contributed by atoms with Gasteiger partial charge in [0.05, 0.1) is 5.56 Å². The molecule has 0 aliphatic heterocycles. The normalized spacial score (nSPS) is 11.5. The molecule has 2 rings (SSSR count). The zero-order valence-corrected chi connectivity index (χ0v) is 14.8. The fourth-order valence-electron chi connectivity index (χ4n) is 2.31. The van der Waals surface area contributed by atoms with Crippen molar-refractivity contribution in [3.63, 3.8) is 0 Å². The largest absolute Gasteiger partial charge is 0.453 e. The van der Waals surface area contributed by atoms with Crippen LogP contribution in [0, 0.1) is 19.7 Å². The number of rotatable bonds is 6. The van der Waals surface area contributed by atoms with Gasteiger partial charge in [0.15, 0.2) is 6.10 Å². The standard InChI is InChI=1S/C20H20FNO4/c1-12-8-9-15(10-13(12)2)19(24)14(3)26-18(23)11-22-20(25)16-6-4-5-7-17(16)21/h4-10,14H,11H2,1-3H3,(H,22,25)/t14-/m0/s1. The molecule has 2 aromatic rings. The van der Waals surface area contributed by atoms with Gasteiger partial charge in [-0.15, -0.1) is 0 Å². The number of benzene rings is 2. The van der Waals surface area contributed by atoms with Crippen molar-refractivity contribution in [1.82, 2.24) is 5.32 Å². The molecule has 1 atom stereocenters. The molecule has 0 aromatic heterocycles. The first kappa shape index (κ1) is 19.3. The minimum Gasteiger partial charge on any atom is -0.453 e. The van der Waals surface area contributed by atoms with Crippen molar-refractivity contribution in [2.24, 2.45) is 0 Å². The Morgan fingerprint density at radius 2 is 1.77 bits per heavy atom. The number of ketones is 1. The van der Waals surface area contributed by atoms with Crippen LogP contribution in [0.3, 0.4) is 0 Å². The fraction of sp³-hybridized carbons (Fsp3) is 0.250. The van der Waals surface area contributed by atoms with Crippen LogP contribution >= 0.6 is 0 Å². The lowest BCUT2D eigenvalue weighted by atomic mass is 10.0. The van der Waals surface area contributed by atoms with E-state index in [0.29, 0.717) is 5.56 Å². The summed E-state index contributed by atoms with van der Waals surface area (Å²) in [7, 11) is 0. The van der Waals surface area contributed by atoms with Gasteiger partial charge >= 0.3 is 5.97 Å². The molecule has 0 heterocycles. The number of esters is 1. The highest BCUT2D eigenvalue weighted by atomic mass is 19.1. The molecule has 0 bridgehead atoms. The van der Waals surface area contributed by atoms with E-state index >= 15 is 0 Å². The molecule has 136 valence electrons. The van der Waals surface area contributed by atoms with E-state index in [1.165, 1.54) is 25.1 Å². The number of hydrogen-bond acceptors (Lipinski definition) is 4. The molecule has 5 nitrogen and oxygen atoms in total. The van der Waals surface area contributed by atoms with Crippen molar-refractivity contribution in [1.29, 1.82) is 0 Å². The van der Waals surface area contributed by atoms with E-state index in [1.54, 1.807) is 12.1 Å². The van der Waals surface area contributed by atoms with Crippen molar-refractivity contribution in [2.45, 2.75) is 26.9 Å². The van der Waals surface area contributed by atoms with Crippen molar-refractivity contribution in [3.8, 4) is 0 Å². The first-order chi connectivity index (χ1) is 12.3. The van der Waals surface area contributed by atoms with Gasteiger partial charge < -0.3 is 10.1 Å². The van der Waals surface area contributed by atoms with Gasteiger partial charge in [0.25, 0.3) is 5.91 Å². The Kier molecular flexibility index (Phi) is 6.22. The highest BCUT2D eigenvalue weighted by Gasteiger charge is 2.20. The topological polar surface area (TPSA) is 72.5 Å². The van der Waals surface area contributed by atoms with Crippen LogP contribution < -0.4 is 5.32 Å². The molecule has 0 aliphatic carbocycles. The number of nitrogens with one attached hydrogen (secondary N) is 1. The molecule has 1 amide bonds. The van der Waals surface area contributed by atoms with Crippen molar-refractivity contribution in [3.05, 3.63) is 70.5 Å². The second-order valence-electron chi connectivity index (χ2n) is 5.96. The zero-order valence-electron chi connectivity index (χ0n) is 14.8. The molecule has 1 N–H and O–H groups in total. The molecule has 0 saturated carbocycles. The van der Waals surface area contributed by atoms with Crippen LogP contribution in [0.2, 0.25) is 0 Å². The Bertz CT molecular complexity index is 847. The van der Waals surface area contributed by atoms with Gasteiger partial charge in [-0.25, -0.2) is 4.39 Å². The molecule has 0 unspecified atom stereocenters. The molecule has 0 saturated heterocycles. The molecule has 0 aliphatic rings. The van der Waals surface area contributed by atoms with E-state index in [2.05, 4.69) is 5.32 Å². The third kappa shape index (κ3) is 4.75. The van der Waals surface area contributed by atoms with Crippen LogP contribution in [-0.2, 0) is 9.53 Å². The smallest absolute Gasteiger partial charge is 0.326 e. The molecule has 0 radical (unpaired) electrons. The van der Waals surface area contributed by atoms with Gasteiger partial charge in [0.1, 0.15) is 12.4 Å². The predicted molar refractivity (Wildman–Crippen MR) is 94.5 cm³/mol. The number of aryl methyl sites for hydroxylation is 2. The van der Waals surface area contributed by atoms with E-state index < -0.39 is 30.3 Å². The van der Waals surface area contributed by atoms with Gasteiger partial charge in [0.2, 0.25) is 5.78 Å². The zero-order chi connectivity index (χ0) is 19.3. The predicted octanol–water partition coefficient (Wildman–Crippen LogP) is 2.99. The van der Waals surface area contributed by atoms with Gasteiger partial charge in [-0.2, -0.15) is 0 Å². The van der Waals surface area contributed by atoms with E-state index in [-0.39, 0.29) is 11.3 Å². The number of amides is 1. The average molecular weight is 357 g/mol. The van der Waals surface area contributed by atoms with Crippen molar-refractivity contribution < 1.29 is 23.5 Å². The van der Waals surface area contributed by atoms with E-state index in [0.717, 1.165) is 17.2 Å². The second-order valence-corrected chi connectivity index (χ2v) is 5.96. The quantitative estimate of drug-likeness (QED) is 0.637. The minimum atomic E-state index is -0.991. The summed E-state index contributed by atoms with van der Waals surface area (Å²) in [6, 6.07) is 10.7. The van der Waals surface area contributed by atoms with Crippen LogP contribution in [0.1, 0.15) is 38.8 Å². The van der Waals surface area contributed by atoms with E-state index in [4.69, 9.17) is 4.74 Å². The summed E-state index contributed by atoms with van der Waals surface area (Å²) in [5.74, 6) is -2.52. The maximum absolute atomic E-state index is 13.5. The first-order valence-corrected chi connectivity index (χ1v) is 8.13. The third-order valence-corrected chi connectivity index (χ3v) is 3.98. The molecular weight excluding hydrogens is 337 g/mol. The molecule has 0 fully saturated rings. The number of carbonyl (C=O) groups excluding carboxylic acids is 3. The maximum atomic E-state index is 13.5. The second kappa shape index (κ2) is 8.38. The molecule has 6 heteroatoms. The minimum absolute atomic E-state index is 0.167. The number of hydrogen-bond donors (Lipinski definition) is 1. The number of carbonyl (C=O) groups is 3. The van der Waals surface area contributed by atoms with E-state index in [1.807, 2.05) is 19.9 Å². The summed E-state index contributed by atoms with van der Waals surface area (Å²) in [4.78, 5) is 36.0. The van der Waals surface area contributed by atoms with Crippen LogP contribution in [0.5, 0.6) is 0 Å². The summed E-state index contributed by atoms with van der Waals surface area (Å²) in [5.41, 5.74) is 2.30. The first-order valence-electron chi connectivity index (χ1n) is 8.13. The highest BCUT2D eigenvalue weighted by molar-refractivity contribution is 6.01. The van der Waals surface area contributed by atoms with Gasteiger partial charge in [0, 0.05) is 5.56 Å². The molecule has 26 heavy (non-hydrogen) atoms. The van der Waals surface area contributed by atoms with Gasteiger partial charge in [-0.05, 0) is 50.1 Å². The Labute approximate surface area is 151 Å². The Morgan fingerprint density at radius 1 is 1.08 bits per heavy atom. The summed E-state index contributed by atoms with van der Waals surface area (Å²) < 4.78 is 18.6. The van der Waals surface area contributed by atoms with Crippen LogP contribution in [-0.4, -0.2) is 30.3 Å². The van der Waals surface area contributed by atoms with Crippen molar-refractivity contribution in [2.75, 3.05) is 6.54 Å². The number of ether oxygens (including phenoxy) is 1. The maximum Gasteiger partial charge on any atom is 0.326 e. The fourth-order valence-corrected chi connectivity index (χ4v) is 2.31. The summed E-state index contributed by atoms with van der Waals surface area (Å²) >= 11 is 0. The summed E-state index contributed by atoms with van der Waals surface area (Å²) in [6.45, 7) is 4.83. The van der Waals surface area contributed by atoms with Gasteiger partial charge in [-0.1, -0.05) is 24.3 Å². The Hall–Kier alpha value is -3.02. The SMILES string of the molecule is Cc1ccc(C(=O)[C@H](C)OC(=O)CNC(=O)c2ccccc2F)cc1C. The monoisotopic (exact) mass is 357 g/mol. The van der Waals surface area contributed by atoms with E-state index in [9.17, 15) is 18.8 Å². The van der Waals surface area contributed by atoms with Crippen LogP contribution in [0.15, 0.2) is 42.5 Å². The lowest BCUT2D eigenvalue weighted by Crippen LogP contribution is -2.34. The molecule has 0 spiro atoms. The third-order valence-electron chi connectivity index (χ3n) is 3.98. The summed E-state index contributed by atoms with van der Waals surface area (Å²) in [5, 5.41) is 2.28. The Balaban J connectivity index is 1.90. The molecule has 2 aromatic carbocycles. The summed E-state index contributed by atoms with van der Waals surface area (Å²) in [6.07, 6.45) is -0.991. The highest BCUT2D eigenvalue weighted by Crippen LogP contribution is 2.13. The lowest BCUT2D eigenvalue weighted by molar-refractivity contribution is -0.145. The van der Waals surface area contributed by atoms with Crippen LogP contribution in [0.4, 0.5) is 4.39 Å². The molecular formula is C20H20FNO4. The van der Waals surface area contributed by atoms with Crippen LogP contribution in [0.25, 0.3) is 0 Å². The average Bonchev–Trinajstić information content (AvgIpc) is 2.61. The van der Waals surface area contributed by atoms with Gasteiger partial charge in [-0.3, -0.25) is 14.4 Å². The Morgan fingerprint density at radius 3 is 2.42 bits per heavy atom. The number of halogens is 1. The number of Topliss-reactive ketones (excluding diaryl/α,β-unsaturated/α-hetero) is 1.